The van der Waals surface area contributed by atoms with Crippen LogP contribution in [0.3, 0.4) is 0 Å². The number of halogens is 4. The van der Waals surface area contributed by atoms with E-state index < -0.39 is 41.8 Å². The molecule has 2 aromatic rings. The Hall–Kier alpha value is -2.74. The van der Waals surface area contributed by atoms with Crippen LogP contribution >= 0.6 is 11.6 Å². The van der Waals surface area contributed by atoms with E-state index in [1.165, 1.54) is 12.1 Å². The van der Waals surface area contributed by atoms with Gasteiger partial charge >= 0.3 is 12.1 Å². The molecule has 2 aromatic carbocycles. The van der Waals surface area contributed by atoms with Crippen molar-refractivity contribution in [2.24, 2.45) is 5.92 Å². The SMILES string of the molecule is O=C(COC(=O)[C@H]1COc2ccc(Cl)cc2C1)Nc1ccccc1C(F)(F)F. The summed E-state index contributed by atoms with van der Waals surface area (Å²) in [6.07, 6.45) is -4.29. The van der Waals surface area contributed by atoms with E-state index in [1.807, 2.05) is 0 Å². The molecule has 1 aliphatic rings. The molecule has 1 atom stereocenters. The number of amides is 1. The standard InChI is InChI=1S/C19H15ClF3NO4/c20-13-5-6-16-11(8-13)7-12(9-27-16)18(26)28-10-17(25)24-15-4-2-1-3-14(15)19(21,22)23/h1-6,8,12H,7,9-10H2,(H,24,25)/t12-/m1/s1. The topological polar surface area (TPSA) is 64.6 Å². The van der Waals surface area contributed by atoms with E-state index in [1.54, 1.807) is 18.2 Å². The Balaban J connectivity index is 1.56. The van der Waals surface area contributed by atoms with Crippen LogP contribution in [0.4, 0.5) is 18.9 Å². The summed E-state index contributed by atoms with van der Waals surface area (Å²) in [6, 6.07) is 9.59. The Labute approximate surface area is 163 Å². The fraction of sp³-hybridized carbons (Fsp3) is 0.263. The zero-order valence-electron chi connectivity index (χ0n) is 14.4. The third-order valence-electron chi connectivity index (χ3n) is 4.11. The molecule has 0 unspecified atom stereocenters. The van der Waals surface area contributed by atoms with Gasteiger partial charge in [0, 0.05) is 5.02 Å². The molecule has 0 saturated heterocycles. The van der Waals surface area contributed by atoms with Gasteiger partial charge in [-0.2, -0.15) is 13.2 Å². The highest BCUT2D eigenvalue weighted by Crippen LogP contribution is 2.34. The first-order chi connectivity index (χ1) is 13.2. The summed E-state index contributed by atoms with van der Waals surface area (Å²) in [5.41, 5.74) is -0.645. The maximum atomic E-state index is 12.9. The average Bonchev–Trinajstić information content (AvgIpc) is 2.65. The fourth-order valence-corrected chi connectivity index (χ4v) is 2.99. The Morgan fingerprint density at radius 2 is 1.96 bits per heavy atom. The van der Waals surface area contributed by atoms with Crippen LogP contribution in [0.5, 0.6) is 5.75 Å². The number of ether oxygens (including phenoxy) is 2. The van der Waals surface area contributed by atoms with E-state index in [2.05, 4.69) is 5.32 Å². The van der Waals surface area contributed by atoms with Gasteiger partial charge in [0.05, 0.1) is 17.2 Å². The smallest absolute Gasteiger partial charge is 0.418 e. The molecular formula is C19H15ClF3NO4. The number of esters is 1. The monoisotopic (exact) mass is 413 g/mol. The van der Waals surface area contributed by atoms with Crippen LogP contribution < -0.4 is 10.1 Å². The number of carbonyl (C=O) groups is 2. The van der Waals surface area contributed by atoms with Gasteiger partial charge < -0.3 is 14.8 Å². The largest absolute Gasteiger partial charge is 0.492 e. The first-order valence-electron chi connectivity index (χ1n) is 8.28. The van der Waals surface area contributed by atoms with Crippen molar-refractivity contribution in [3.8, 4) is 5.75 Å². The van der Waals surface area contributed by atoms with E-state index in [9.17, 15) is 22.8 Å². The molecule has 0 saturated carbocycles. The van der Waals surface area contributed by atoms with E-state index in [4.69, 9.17) is 21.1 Å². The molecule has 0 aliphatic carbocycles. The lowest BCUT2D eigenvalue weighted by Crippen LogP contribution is -2.32. The number of hydrogen-bond donors (Lipinski definition) is 1. The summed E-state index contributed by atoms with van der Waals surface area (Å²) < 4.78 is 49.3. The number of anilines is 1. The molecule has 0 bridgehead atoms. The number of alkyl halides is 3. The second kappa shape index (κ2) is 8.10. The molecule has 9 heteroatoms. The number of nitrogens with one attached hydrogen (secondary N) is 1. The van der Waals surface area contributed by atoms with E-state index in [0.717, 1.165) is 17.7 Å². The molecule has 5 nitrogen and oxygen atoms in total. The lowest BCUT2D eigenvalue weighted by Gasteiger charge is -2.24. The van der Waals surface area contributed by atoms with Crippen molar-refractivity contribution in [3.63, 3.8) is 0 Å². The molecule has 0 radical (unpaired) electrons. The molecule has 28 heavy (non-hydrogen) atoms. The third kappa shape index (κ3) is 4.75. The minimum absolute atomic E-state index is 0.0754. The Bertz CT molecular complexity index is 901. The van der Waals surface area contributed by atoms with Crippen molar-refractivity contribution in [1.29, 1.82) is 0 Å². The summed E-state index contributed by atoms with van der Waals surface area (Å²) >= 11 is 5.92. The lowest BCUT2D eigenvalue weighted by molar-refractivity contribution is -0.153. The minimum atomic E-state index is -4.62. The normalized spacial score (nSPS) is 15.9. The van der Waals surface area contributed by atoms with Gasteiger partial charge in [-0.05, 0) is 42.3 Å². The lowest BCUT2D eigenvalue weighted by atomic mass is 9.97. The van der Waals surface area contributed by atoms with Gasteiger partial charge in [0.2, 0.25) is 0 Å². The van der Waals surface area contributed by atoms with Gasteiger partial charge in [0.1, 0.15) is 12.4 Å². The van der Waals surface area contributed by atoms with Crippen molar-refractivity contribution < 1.29 is 32.2 Å². The number of carbonyl (C=O) groups excluding carboxylic acids is 2. The number of hydrogen-bond acceptors (Lipinski definition) is 4. The summed E-state index contributed by atoms with van der Waals surface area (Å²) in [5.74, 6) is -1.56. The van der Waals surface area contributed by atoms with Crippen LogP contribution in [-0.2, 0) is 26.9 Å². The zero-order chi connectivity index (χ0) is 20.3. The molecule has 1 amide bonds. The van der Waals surface area contributed by atoms with Crippen molar-refractivity contribution >= 4 is 29.2 Å². The molecule has 148 valence electrons. The average molecular weight is 414 g/mol. The Kier molecular flexibility index (Phi) is 5.79. The van der Waals surface area contributed by atoms with E-state index in [-0.39, 0.29) is 6.61 Å². The summed E-state index contributed by atoms with van der Waals surface area (Å²) in [6.45, 7) is -0.629. The predicted octanol–water partition coefficient (Wildman–Crippen LogP) is 4.09. The van der Waals surface area contributed by atoms with Gasteiger partial charge in [0.25, 0.3) is 5.91 Å². The van der Waals surface area contributed by atoms with Crippen molar-refractivity contribution in [1.82, 2.24) is 0 Å². The number of benzene rings is 2. The minimum Gasteiger partial charge on any atom is -0.492 e. The summed E-state index contributed by atoms with van der Waals surface area (Å²) in [7, 11) is 0. The van der Waals surface area contributed by atoms with Crippen LogP contribution in [-0.4, -0.2) is 25.1 Å². The van der Waals surface area contributed by atoms with Crippen LogP contribution in [0.15, 0.2) is 42.5 Å². The highest BCUT2D eigenvalue weighted by molar-refractivity contribution is 6.30. The Morgan fingerprint density at radius 1 is 1.21 bits per heavy atom. The Morgan fingerprint density at radius 3 is 2.71 bits per heavy atom. The first kappa shape index (κ1) is 20.0. The number of rotatable bonds is 4. The molecule has 3 rings (SSSR count). The van der Waals surface area contributed by atoms with Gasteiger partial charge in [-0.1, -0.05) is 23.7 Å². The highest BCUT2D eigenvalue weighted by Gasteiger charge is 2.34. The quantitative estimate of drug-likeness (QED) is 0.767. The number of para-hydroxylation sites is 1. The summed E-state index contributed by atoms with van der Waals surface area (Å²) in [4.78, 5) is 24.1. The molecule has 1 aliphatic heterocycles. The molecule has 1 heterocycles. The summed E-state index contributed by atoms with van der Waals surface area (Å²) in [5, 5.41) is 2.61. The van der Waals surface area contributed by atoms with Crippen LogP contribution in [0.1, 0.15) is 11.1 Å². The van der Waals surface area contributed by atoms with Crippen LogP contribution in [0, 0.1) is 5.92 Å². The predicted molar refractivity (Wildman–Crippen MR) is 95.2 cm³/mol. The van der Waals surface area contributed by atoms with Crippen molar-refractivity contribution in [2.45, 2.75) is 12.6 Å². The van der Waals surface area contributed by atoms with Crippen LogP contribution in [0.25, 0.3) is 0 Å². The van der Waals surface area contributed by atoms with Gasteiger partial charge in [-0.25, -0.2) is 0 Å². The molecule has 0 spiro atoms. The van der Waals surface area contributed by atoms with E-state index >= 15 is 0 Å². The van der Waals surface area contributed by atoms with E-state index in [0.29, 0.717) is 17.2 Å². The fourth-order valence-electron chi connectivity index (χ4n) is 2.79. The zero-order valence-corrected chi connectivity index (χ0v) is 15.1. The van der Waals surface area contributed by atoms with Gasteiger partial charge in [-0.15, -0.1) is 0 Å². The molecule has 0 fully saturated rings. The molecular weight excluding hydrogens is 399 g/mol. The van der Waals surface area contributed by atoms with Gasteiger partial charge in [-0.3, -0.25) is 9.59 Å². The first-order valence-corrected chi connectivity index (χ1v) is 8.66. The van der Waals surface area contributed by atoms with Crippen LogP contribution in [0.2, 0.25) is 5.02 Å². The third-order valence-corrected chi connectivity index (χ3v) is 4.35. The maximum absolute atomic E-state index is 12.9. The maximum Gasteiger partial charge on any atom is 0.418 e. The molecule has 1 N–H and O–H groups in total. The second-order valence-electron chi connectivity index (χ2n) is 6.16. The van der Waals surface area contributed by atoms with Gasteiger partial charge in [0.15, 0.2) is 6.61 Å². The number of fused-ring (bicyclic) bond motifs is 1. The van der Waals surface area contributed by atoms with Crippen molar-refractivity contribution in [2.75, 3.05) is 18.5 Å². The molecule has 0 aromatic heterocycles. The highest BCUT2D eigenvalue weighted by atomic mass is 35.5. The second-order valence-corrected chi connectivity index (χ2v) is 6.60. The van der Waals surface area contributed by atoms with Crippen molar-refractivity contribution in [3.05, 3.63) is 58.6 Å².